The number of rotatable bonds is 5. The van der Waals surface area contributed by atoms with Gasteiger partial charge in [-0.05, 0) is 44.2 Å². The SMILES string of the molecule is Cc1cn2c(n1)C(NC(=O)C1(CC(=O)c3ccccc3)CC1)CCc1ccccc1-2. The molecule has 1 amide bonds. The third-order valence-electron chi connectivity index (χ3n) is 6.35. The Hall–Kier alpha value is -3.21. The molecule has 1 fully saturated rings. The molecule has 152 valence electrons. The lowest BCUT2D eigenvalue weighted by molar-refractivity contribution is -0.127. The minimum atomic E-state index is -0.571. The van der Waals surface area contributed by atoms with Gasteiger partial charge >= 0.3 is 0 Å². The molecule has 1 saturated carbocycles. The van der Waals surface area contributed by atoms with Crippen LogP contribution in [0.25, 0.3) is 5.69 Å². The lowest BCUT2D eigenvalue weighted by atomic mass is 9.94. The number of hydrogen-bond acceptors (Lipinski definition) is 3. The monoisotopic (exact) mass is 399 g/mol. The Morgan fingerprint density at radius 2 is 1.83 bits per heavy atom. The summed E-state index contributed by atoms with van der Waals surface area (Å²) >= 11 is 0. The highest BCUT2D eigenvalue weighted by atomic mass is 16.2. The van der Waals surface area contributed by atoms with Gasteiger partial charge in [0.1, 0.15) is 5.82 Å². The van der Waals surface area contributed by atoms with Crippen molar-refractivity contribution < 1.29 is 9.59 Å². The molecule has 1 aromatic heterocycles. The Bertz CT molecular complexity index is 1110. The molecule has 2 aliphatic rings. The topological polar surface area (TPSA) is 64.0 Å². The summed E-state index contributed by atoms with van der Waals surface area (Å²) in [4.78, 5) is 30.7. The van der Waals surface area contributed by atoms with Crippen molar-refractivity contribution in [1.29, 1.82) is 0 Å². The van der Waals surface area contributed by atoms with E-state index in [9.17, 15) is 9.59 Å². The van der Waals surface area contributed by atoms with Gasteiger partial charge in [0.25, 0.3) is 0 Å². The summed E-state index contributed by atoms with van der Waals surface area (Å²) < 4.78 is 2.11. The van der Waals surface area contributed by atoms with Crippen LogP contribution in [0.1, 0.15) is 59.2 Å². The summed E-state index contributed by atoms with van der Waals surface area (Å²) in [6, 6.07) is 17.4. The third kappa shape index (κ3) is 3.34. The van der Waals surface area contributed by atoms with E-state index < -0.39 is 5.41 Å². The molecule has 0 saturated heterocycles. The molecule has 5 rings (SSSR count). The number of hydrogen-bond donors (Lipinski definition) is 1. The van der Waals surface area contributed by atoms with Gasteiger partial charge < -0.3 is 9.88 Å². The molecule has 1 unspecified atom stereocenters. The smallest absolute Gasteiger partial charge is 0.227 e. The standard InChI is InChI=1S/C25H25N3O2/c1-17-16-28-21-10-6-5-7-18(21)11-12-20(23(28)26-17)27-24(30)25(13-14-25)15-22(29)19-8-3-2-4-9-19/h2-10,16,20H,11-15H2,1H3,(H,27,30). The van der Waals surface area contributed by atoms with Crippen molar-refractivity contribution in [3.05, 3.63) is 83.4 Å². The highest BCUT2D eigenvalue weighted by molar-refractivity contribution is 6.00. The molecule has 1 atom stereocenters. The molecule has 1 aliphatic carbocycles. The number of fused-ring (bicyclic) bond motifs is 3. The Morgan fingerprint density at radius 3 is 2.60 bits per heavy atom. The van der Waals surface area contributed by atoms with E-state index in [1.807, 2.05) is 49.5 Å². The Balaban J connectivity index is 1.37. The number of nitrogens with one attached hydrogen (secondary N) is 1. The number of nitrogens with zero attached hydrogens (tertiary/aromatic N) is 2. The van der Waals surface area contributed by atoms with E-state index >= 15 is 0 Å². The molecule has 5 nitrogen and oxygen atoms in total. The minimum absolute atomic E-state index is 0.0186. The van der Waals surface area contributed by atoms with Crippen LogP contribution in [-0.4, -0.2) is 21.2 Å². The number of imidazole rings is 1. The fraction of sp³-hybridized carbons (Fsp3) is 0.320. The van der Waals surface area contributed by atoms with Crippen molar-refractivity contribution >= 4 is 11.7 Å². The van der Waals surface area contributed by atoms with E-state index in [1.54, 1.807) is 0 Å². The van der Waals surface area contributed by atoms with Gasteiger partial charge in [-0.1, -0.05) is 48.5 Å². The van der Waals surface area contributed by atoms with Gasteiger partial charge in [-0.25, -0.2) is 4.98 Å². The van der Waals surface area contributed by atoms with Crippen LogP contribution in [0.4, 0.5) is 0 Å². The number of ketones is 1. The number of amides is 1. The van der Waals surface area contributed by atoms with Crippen molar-refractivity contribution in [2.75, 3.05) is 0 Å². The number of aromatic nitrogens is 2. The fourth-order valence-corrected chi connectivity index (χ4v) is 4.46. The maximum atomic E-state index is 13.3. The summed E-state index contributed by atoms with van der Waals surface area (Å²) in [6.07, 6.45) is 5.49. The molecule has 2 aromatic carbocycles. The molecule has 0 bridgehead atoms. The van der Waals surface area contributed by atoms with E-state index in [1.165, 1.54) is 5.56 Å². The number of benzene rings is 2. The van der Waals surface area contributed by atoms with Crippen LogP contribution in [0.15, 0.2) is 60.8 Å². The maximum absolute atomic E-state index is 13.3. The van der Waals surface area contributed by atoms with Crippen LogP contribution < -0.4 is 5.32 Å². The Kier molecular flexibility index (Phi) is 4.54. The van der Waals surface area contributed by atoms with Crippen LogP contribution in [0, 0.1) is 12.3 Å². The molecule has 0 radical (unpaired) electrons. The fourth-order valence-electron chi connectivity index (χ4n) is 4.46. The first-order valence-corrected chi connectivity index (χ1v) is 10.6. The second-order valence-corrected chi connectivity index (χ2v) is 8.55. The number of Topliss-reactive ketones (excluding diaryl/α,β-unsaturated/α-hetero) is 1. The average molecular weight is 399 g/mol. The largest absolute Gasteiger partial charge is 0.346 e. The van der Waals surface area contributed by atoms with Crippen molar-refractivity contribution in [2.24, 2.45) is 5.41 Å². The highest BCUT2D eigenvalue weighted by Gasteiger charge is 2.51. The normalized spacial score (nSPS) is 18.6. The second kappa shape index (κ2) is 7.24. The van der Waals surface area contributed by atoms with Gasteiger partial charge in [0, 0.05) is 23.9 Å². The van der Waals surface area contributed by atoms with Crippen LogP contribution in [0.2, 0.25) is 0 Å². The maximum Gasteiger partial charge on any atom is 0.227 e. The number of carbonyl (C=O) groups is 2. The minimum Gasteiger partial charge on any atom is -0.346 e. The van der Waals surface area contributed by atoms with Crippen LogP contribution in [-0.2, 0) is 11.2 Å². The summed E-state index contributed by atoms with van der Waals surface area (Å²) in [5.41, 5.74) is 3.42. The zero-order valence-corrected chi connectivity index (χ0v) is 17.1. The van der Waals surface area contributed by atoms with E-state index in [0.717, 1.165) is 42.9 Å². The molecule has 1 aliphatic heterocycles. The van der Waals surface area contributed by atoms with E-state index in [0.29, 0.717) is 5.56 Å². The Morgan fingerprint density at radius 1 is 1.10 bits per heavy atom. The van der Waals surface area contributed by atoms with Gasteiger partial charge in [0.15, 0.2) is 5.78 Å². The first-order valence-electron chi connectivity index (χ1n) is 10.6. The molecular formula is C25H25N3O2. The number of para-hydroxylation sites is 1. The third-order valence-corrected chi connectivity index (χ3v) is 6.35. The summed E-state index contributed by atoms with van der Waals surface area (Å²) in [6.45, 7) is 1.98. The molecular weight excluding hydrogens is 374 g/mol. The second-order valence-electron chi connectivity index (χ2n) is 8.55. The van der Waals surface area contributed by atoms with Crippen molar-refractivity contribution in [3.8, 4) is 5.69 Å². The van der Waals surface area contributed by atoms with Crippen LogP contribution >= 0.6 is 0 Å². The molecule has 2 heterocycles. The van der Waals surface area contributed by atoms with Crippen LogP contribution in [0.3, 0.4) is 0 Å². The van der Waals surface area contributed by atoms with E-state index in [2.05, 4.69) is 28.1 Å². The predicted molar refractivity (Wildman–Crippen MR) is 115 cm³/mol. The zero-order valence-electron chi connectivity index (χ0n) is 17.1. The number of aryl methyl sites for hydroxylation is 2. The van der Waals surface area contributed by atoms with Gasteiger partial charge in [-0.2, -0.15) is 0 Å². The lowest BCUT2D eigenvalue weighted by Crippen LogP contribution is -2.37. The van der Waals surface area contributed by atoms with Gasteiger partial charge in [0.05, 0.1) is 17.2 Å². The number of carbonyl (C=O) groups excluding carboxylic acids is 2. The van der Waals surface area contributed by atoms with Crippen LogP contribution in [0.5, 0.6) is 0 Å². The first-order chi connectivity index (χ1) is 14.6. The summed E-state index contributed by atoms with van der Waals surface area (Å²) in [7, 11) is 0. The van der Waals surface area contributed by atoms with Gasteiger partial charge in [-0.15, -0.1) is 0 Å². The van der Waals surface area contributed by atoms with Gasteiger partial charge in [0.2, 0.25) is 5.91 Å². The summed E-state index contributed by atoms with van der Waals surface area (Å²) in [5.74, 6) is 0.889. The average Bonchev–Trinajstić information content (AvgIpc) is 3.47. The molecule has 1 N–H and O–H groups in total. The highest BCUT2D eigenvalue weighted by Crippen LogP contribution is 2.50. The Labute approximate surface area is 176 Å². The molecule has 0 spiro atoms. The van der Waals surface area contributed by atoms with E-state index in [4.69, 9.17) is 4.98 Å². The van der Waals surface area contributed by atoms with Crippen molar-refractivity contribution in [3.63, 3.8) is 0 Å². The van der Waals surface area contributed by atoms with Gasteiger partial charge in [-0.3, -0.25) is 9.59 Å². The lowest BCUT2D eigenvalue weighted by Gasteiger charge is -2.21. The predicted octanol–water partition coefficient (Wildman–Crippen LogP) is 4.34. The van der Waals surface area contributed by atoms with Crippen molar-refractivity contribution in [2.45, 2.75) is 45.1 Å². The molecule has 3 aromatic rings. The quantitative estimate of drug-likeness (QED) is 0.649. The molecule has 30 heavy (non-hydrogen) atoms. The summed E-state index contributed by atoms with van der Waals surface area (Å²) in [5, 5.41) is 3.25. The zero-order chi connectivity index (χ0) is 20.7. The van der Waals surface area contributed by atoms with Crippen molar-refractivity contribution in [1.82, 2.24) is 14.9 Å². The molecule has 5 heteroatoms. The first kappa shape index (κ1) is 18.8. The van der Waals surface area contributed by atoms with E-state index in [-0.39, 0.29) is 24.2 Å².